The highest BCUT2D eigenvalue weighted by atomic mass is 16.5. The van der Waals surface area contributed by atoms with Crippen LogP contribution in [0.25, 0.3) is 0 Å². The summed E-state index contributed by atoms with van der Waals surface area (Å²) < 4.78 is 10.7. The highest BCUT2D eigenvalue weighted by molar-refractivity contribution is 5.47. The largest absolute Gasteiger partial charge is 0.497 e. The van der Waals surface area contributed by atoms with Crippen molar-refractivity contribution in [2.75, 3.05) is 14.2 Å². The maximum absolute atomic E-state index is 6.38. The molecule has 3 heteroatoms. The third-order valence-corrected chi connectivity index (χ3v) is 3.93. The molecule has 2 aromatic carbocycles. The molecule has 0 saturated carbocycles. The number of nitrogens with two attached hydrogens (primary N) is 1. The van der Waals surface area contributed by atoms with Gasteiger partial charge >= 0.3 is 0 Å². The maximum atomic E-state index is 6.38. The number of ether oxygens (including phenoxy) is 2. The molecule has 21 heavy (non-hydrogen) atoms. The van der Waals surface area contributed by atoms with Crippen molar-refractivity contribution in [3.63, 3.8) is 0 Å². The molecule has 112 valence electrons. The SMILES string of the molecule is COc1ccc(CC(N)c2ccc(C)c(C)c2OC)cc1. The topological polar surface area (TPSA) is 44.5 Å². The molecule has 0 aliphatic rings. The van der Waals surface area contributed by atoms with Crippen LogP contribution in [-0.2, 0) is 6.42 Å². The highest BCUT2D eigenvalue weighted by Gasteiger charge is 2.15. The molecule has 0 bridgehead atoms. The lowest BCUT2D eigenvalue weighted by Crippen LogP contribution is -2.15. The maximum Gasteiger partial charge on any atom is 0.126 e. The van der Waals surface area contributed by atoms with E-state index >= 15 is 0 Å². The smallest absolute Gasteiger partial charge is 0.126 e. The van der Waals surface area contributed by atoms with Gasteiger partial charge in [-0.1, -0.05) is 24.3 Å². The summed E-state index contributed by atoms with van der Waals surface area (Å²) in [6.07, 6.45) is 0.767. The van der Waals surface area contributed by atoms with Crippen molar-refractivity contribution in [3.8, 4) is 11.5 Å². The Labute approximate surface area is 126 Å². The summed E-state index contributed by atoms with van der Waals surface area (Å²) in [7, 11) is 3.37. The Hall–Kier alpha value is -2.00. The molecule has 0 spiro atoms. The average molecular weight is 285 g/mol. The number of benzene rings is 2. The summed E-state index contributed by atoms with van der Waals surface area (Å²) in [5.41, 5.74) is 11.0. The Bertz CT molecular complexity index is 605. The molecule has 2 rings (SSSR count). The van der Waals surface area contributed by atoms with Crippen LogP contribution in [0.15, 0.2) is 36.4 Å². The average Bonchev–Trinajstić information content (AvgIpc) is 2.50. The molecule has 0 saturated heterocycles. The lowest BCUT2D eigenvalue weighted by molar-refractivity contribution is 0.402. The van der Waals surface area contributed by atoms with Crippen LogP contribution in [0.1, 0.15) is 28.3 Å². The van der Waals surface area contributed by atoms with Gasteiger partial charge in [0, 0.05) is 11.6 Å². The van der Waals surface area contributed by atoms with Gasteiger partial charge in [-0.2, -0.15) is 0 Å². The molecular weight excluding hydrogens is 262 g/mol. The van der Waals surface area contributed by atoms with Gasteiger partial charge in [-0.15, -0.1) is 0 Å². The molecule has 0 amide bonds. The van der Waals surface area contributed by atoms with E-state index in [1.807, 2.05) is 24.3 Å². The normalized spacial score (nSPS) is 12.0. The predicted octanol–water partition coefficient (Wildman–Crippen LogP) is 3.56. The second kappa shape index (κ2) is 6.64. The lowest BCUT2D eigenvalue weighted by atomic mass is 9.95. The van der Waals surface area contributed by atoms with Gasteiger partial charge in [-0.05, 0) is 49.1 Å². The van der Waals surface area contributed by atoms with E-state index in [4.69, 9.17) is 15.2 Å². The van der Waals surface area contributed by atoms with Gasteiger partial charge in [-0.25, -0.2) is 0 Å². The molecule has 0 aliphatic carbocycles. The molecule has 1 unspecified atom stereocenters. The van der Waals surface area contributed by atoms with Crippen LogP contribution < -0.4 is 15.2 Å². The van der Waals surface area contributed by atoms with E-state index in [2.05, 4.69) is 26.0 Å². The van der Waals surface area contributed by atoms with Crippen LogP contribution >= 0.6 is 0 Å². The van der Waals surface area contributed by atoms with E-state index < -0.39 is 0 Å². The fraction of sp³-hybridized carbons (Fsp3) is 0.333. The summed E-state index contributed by atoms with van der Waals surface area (Å²) in [5.74, 6) is 1.76. The minimum absolute atomic E-state index is 0.0901. The number of hydrogen-bond donors (Lipinski definition) is 1. The summed E-state index contributed by atoms with van der Waals surface area (Å²) in [4.78, 5) is 0. The minimum Gasteiger partial charge on any atom is -0.497 e. The third kappa shape index (κ3) is 3.37. The van der Waals surface area contributed by atoms with E-state index in [0.29, 0.717) is 0 Å². The Morgan fingerprint density at radius 1 is 0.952 bits per heavy atom. The van der Waals surface area contributed by atoms with Crippen LogP contribution in [0.3, 0.4) is 0 Å². The van der Waals surface area contributed by atoms with Crippen molar-refractivity contribution in [3.05, 3.63) is 58.7 Å². The quantitative estimate of drug-likeness (QED) is 0.913. The van der Waals surface area contributed by atoms with Crippen LogP contribution in [0.4, 0.5) is 0 Å². The predicted molar refractivity (Wildman–Crippen MR) is 86.1 cm³/mol. The first-order valence-corrected chi connectivity index (χ1v) is 7.09. The summed E-state index contributed by atoms with van der Waals surface area (Å²) in [5, 5.41) is 0. The second-order valence-electron chi connectivity index (χ2n) is 5.29. The first-order valence-electron chi connectivity index (χ1n) is 7.09. The zero-order valence-electron chi connectivity index (χ0n) is 13.1. The monoisotopic (exact) mass is 285 g/mol. The van der Waals surface area contributed by atoms with Crippen molar-refractivity contribution in [2.24, 2.45) is 5.73 Å². The Morgan fingerprint density at radius 3 is 2.19 bits per heavy atom. The molecular formula is C18H23NO2. The minimum atomic E-state index is -0.0901. The van der Waals surface area contributed by atoms with Gasteiger partial charge in [0.15, 0.2) is 0 Å². The number of rotatable bonds is 5. The van der Waals surface area contributed by atoms with Gasteiger partial charge in [-0.3, -0.25) is 0 Å². The van der Waals surface area contributed by atoms with Crippen molar-refractivity contribution in [1.29, 1.82) is 0 Å². The first kappa shape index (κ1) is 15.4. The molecule has 0 aliphatic heterocycles. The van der Waals surface area contributed by atoms with Crippen molar-refractivity contribution in [2.45, 2.75) is 26.3 Å². The van der Waals surface area contributed by atoms with E-state index in [0.717, 1.165) is 29.0 Å². The molecule has 0 aromatic heterocycles. The third-order valence-electron chi connectivity index (χ3n) is 3.93. The summed E-state index contributed by atoms with van der Waals surface area (Å²) >= 11 is 0. The fourth-order valence-electron chi connectivity index (χ4n) is 2.50. The fourth-order valence-corrected chi connectivity index (χ4v) is 2.50. The van der Waals surface area contributed by atoms with Gasteiger partial charge in [0.25, 0.3) is 0 Å². The van der Waals surface area contributed by atoms with Gasteiger partial charge in [0.2, 0.25) is 0 Å². The number of methoxy groups -OCH3 is 2. The molecule has 0 fully saturated rings. The molecule has 2 N–H and O–H groups in total. The van der Waals surface area contributed by atoms with Gasteiger partial charge < -0.3 is 15.2 Å². The van der Waals surface area contributed by atoms with Gasteiger partial charge in [0.05, 0.1) is 14.2 Å². The van der Waals surface area contributed by atoms with Crippen molar-refractivity contribution >= 4 is 0 Å². The van der Waals surface area contributed by atoms with E-state index in [-0.39, 0.29) is 6.04 Å². The standard InChI is InChI=1S/C18H23NO2/c1-12-5-10-16(18(21-4)13(12)2)17(19)11-14-6-8-15(20-3)9-7-14/h5-10,17H,11,19H2,1-4H3. The van der Waals surface area contributed by atoms with Crippen molar-refractivity contribution in [1.82, 2.24) is 0 Å². The Morgan fingerprint density at radius 2 is 1.62 bits per heavy atom. The summed E-state index contributed by atoms with van der Waals surface area (Å²) in [6, 6.07) is 12.1. The zero-order valence-corrected chi connectivity index (χ0v) is 13.1. The zero-order chi connectivity index (χ0) is 15.4. The van der Waals surface area contributed by atoms with Gasteiger partial charge in [0.1, 0.15) is 11.5 Å². The number of aryl methyl sites for hydroxylation is 1. The Kier molecular flexibility index (Phi) is 4.86. The van der Waals surface area contributed by atoms with E-state index in [1.54, 1.807) is 14.2 Å². The van der Waals surface area contributed by atoms with Crippen molar-refractivity contribution < 1.29 is 9.47 Å². The Balaban J connectivity index is 2.23. The molecule has 0 radical (unpaired) electrons. The van der Waals surface area contributed by atoms with Crippen LogP contribution in [0.2, 0.25) is 0 Å². The van der Waals surface area contributed by atoms with E-state index in [1.165, 1.54) is 11.1 Å². The first-order chi connectivity index (χ1) is 10.1. The van der Waals surface area contributed by atoms with E-state index in [9.17, 15) is 0 Å². The molecule has 2 aromatic rings. The van der Waals surface area contributed by atoms with Crippen LogP contribution in [0, 0.1) is 13.8 Å². The van der Waals surface area contributed by atoms with Crippen LogP contribution in [0.5, 0.6) is 11.5 Å². The molecule has 0 heterocycles. The molecule has 1 atom stereocenters. The second-order valence-corrected chi connectivity index (χ2v) is 5.29. The highest BCUT2D eigenvalue weighted by Crippen LogP contribution is 2.31. The number of hydrogen-bond acceptors (Lipinski definition) is 3. The summed E-state index contributed by atoms with van der Waals surface area (Å²) in [6.45, 7) is 4.15. The molecule has 3 nitrogen and oxygen atoms in total. The van der Waals surface area contributed by atoms with Crippen LogP contribution in [-0.4, -0.2) is 14.2 Å². The lowest BCUT2D eigenvalue weighted by Gasteiger charge is -2.19.